The second kappa shape index (κ2) is 6.23. The average Bonchev–Trinajstić information content (AvgIpc) is 2.82. The van der Waals surface area contributed by atoms with E-state index in [4.69, 9.17) is 11.6 Å². The number of carbonyl (C=O) groups excluding carboxylic acids is 1. The summed E-state index contributed by atoms with van der Waals surface area (Å²) in [4.78, 5) is 14.5. The number of rotatable bonds is 4. The zero-order valence-electron chi connectivity index (χ0n) is 10.8. The van der Waals surface area contributed by atoms with Gasteiger partial charge in [-0.2, -0.15) is 5.10 Å². The van der Waals surface area contributed by atoms with Gasteiger partial charge in [-0.1, -0.05) is 19.3 Å². The van der Waals surface area contributed by atoms with E-state index >= 15 is 0 Å². The molecule has 100 valence electrons. The molecule has 0 radical (unpaired) electrons. The topological polar surface area (TPSA) is 49.0 Å². The van der Waals surface area contributed by atoms with E-state index < -0.39 is 0 Å². The van der Waals surface area contributed by atoms with Crippen molar-refractivity contribution in [3.63, 3.8) is 0 Å². The number of amides is 1. The van der Waals surface area contributed by atoms with E-state index in [1.165, 1.54) is 19.3 Å². The summed E-state index contributed by atoms with van der Waals surface area (Å²) in [5.74, 6) is 0.549. The SMILES string of the molecule is Cc1[nH]ncc1C(=O)N(CCCl)C1CCCCC1. The first kappa shape index (κ1) is 13.4. The van der Waals surface area contributed by atoms with Crippen LogP contribution >= 0.6 is 11.6 Å². The molecule has 1 aromatic heterocycles. The molecule has 2 rings (SSSR count). The van der Waals surface area contributed by atoms with Gasteiger partial charge in [-0.25, -0.2) is 0 Å². The van der Waals surface area contributed by atoms with E-state index in [-0.39, 0.29) is 5.91 Å². The maximum absolute atomic E-state index is 12.5. The molecule has 1 saturated carbocycles. The van der Waals surface area contributed by atoms with Gasteiger partial charge in [-0.3, -0.25) is 9.89 Å². The Labute approximate surface area is 113 Å². The maximum Gasteiger partial charge on any atom is 0.257 e. The van der Waals surface area contributed by atoms with Crippen molar-refractivity contribution in [3.8, 4) is 0 Å². The van der Waals surface area contributed by atoms with Crippen LogP contribution in [0, 0.1) is 6.92 Å². The number of halogens is 1. The Kier molecular flexibility index (Phi) is 4.64. The Morgan fingerprint density at radius 2 is 2.22 bits per heavy atom. The number of hydrogen-bond acceptors (Lipinski definition) is 2. The lowest BCUT2D eigenvalue weighted by molar-refractivity contribution is 0.0649. The molecule has 0 saturated heterocycles. The predicted molar refractivity (Wildman–Crippen MR) is 72.0 cm³/mol. The fourth-order valence-electron chi connectivity index (χ4n) is 2.65. The minimum atomic E-state index is 0.0637. The van der Waals surface area contributed by atoms with Crippen molar-refractivity contribution in [3.05, 3.63) is 17.5 Å². The van der Waals surface area contributed by atoms with E-state index in [0.29, 0.717) is 24.0 Å². The van der Waals surface area contributed by atoms with Crippen molar-refractivity contribution >= 4 is 17.5 Å². The fraction of sp³-hybridized carbons (Fsp3) is 0.692. The second-order valence-electron chi connectivity index (χ2n) is 4.89. The number of aromatic amines is 1. The Morgan fingerprint density at radius 1 is 1.50 bits per heavy atom. The van der Waals surface area contributed by atoms with Gasteiger partial charge in [-0.05, 0) is 19.8 Å². The quantitative estimate of drug-likeness (QED) is 0.855. The monoisotopic (exact) mass is 269 g/mol. The summed E-state index contributed by atoms with van der Waals surface area (Å²) in [6.07, 6.45) is 7.51. The number of aromatic nitrogens is 2. The van der Waals surface area contributed by atoms with E-state index in [2.05, 4.69) is 10.2 Å². The molecule has 0 bridgehead atoms. The molecule has 0 atom stereocenters. The number of alkyl halides is 1. The van der Waals surface area contributed by atoms with Crippen LogP contribution in [0.3, 0.4) is 0 Å². The molecule has 1 heterocycles. The van der Waals surface area contributed by atoms with Crippen LogP contribution in [0.1, 0.15) is 48.2 Å². The van der Waals surface area contributed by atoms with Crippen molar-refractivity contribution in [2.45, 2.75) is 45.1 Å². The number of aryl methyl sites for hydroxylation is 1. The van der Waals surface area contributed by atoms with Gasteiger partial charge in [-0.15, -0.1) is 11.6 Å². The highest BCUT2D eigenvalue weighted by molar-refractivity contribution is 6.18. The van der Waals surface area contributed by atoms with Crippen molar-refractivity contribution in [1.82, 2.24) is 15.1 Å². The summed E-state index contributed by atoms with van der Waals surface area (Å²) >= 11 is 5.84. The smallest absolute Gasteiger partial charge is 0.257 e. The second-order valence-corrected chi connectivity index (χ2v) is 5.27. The molecule has 1 aliphatic rings. The van der Waals surface area contributed by atoms with Gasteiger partial charge in [0, 0.05) is 24.2 Å². The number of nitrogens with one attached hydrogen (secondary N) is 1. The molecular weight excluding hydrogens is 250 g/mol. The molecule has 1 N–H and O–H groups in total. The van der Waals surface area contributed by atoms with Gasteiger partial charge in [0.1, 0.15) is 0 Å². The summed E-state index contributed by atoms with van der Waals surface area (Å²) in [7, 11) is 0. The Morgan fingerprint density at radius 3 is 2.78 bits per heavy atom. The maximum atomic E-state index is 12.5. The third kappa shape index (κ3) is 2.86. The van der Waals surface area contributed by atoms with Crippen molar-refractivity contribution in [1.29, 1.82) is 0 Å². The van der Waals surface area contributed by atoms with E-state index in [0.717, 1.165) is 18.5 Å². The standard InChI is InChI=1S/C13H20ClN3O/c1-10-12(9-15-16-10)13(18)17(8-7-14)11-5-3-2-4-6-11/h9,11H,2-8H2,1H3,(H,15,16). The van der Waals surface area contributed by atoms with Crippen molar-refractivity contribution in [2.24, 2.45) is 0 Å². The third-order valence-corrected chi connectivity index (χ3v) is 3.83. The highest BCUT2D eigenvalue weighted by Crippen LogP contribution is 2.24. The minimum Gasteiger partial charge on any atom is -0.334 e. The van der Waals surface area contributed by atoms with Gasteiger partial charge >= 0.3 is 0 Å². The van der Waals surface area contributed by atoms with Crippen LogP contribution in [0.2, 0.25) is 0 Å². The van der Waals surface area contributed by atoms with Gasteiger partial charge in [0.25, 0.3) is 5.91 Å². The first-order valence-electron chi connectivity index (χ1n) is 6.61. The molecular formula is C13H20ClN3O. The number of H-pyrrole nitrogens is 1. The summed E-state index contributed by atoms with van der Waals surface area (Å²) in [6.45, 7) is 2.50. The molecule has 4 nitrogen and oxygen atoms in total. The highest BCUT2D eigenvalue weighted by Gasteiger charge is 2.27. The summed E-state index contributed by atoms with van der Waals surface area (Å²) in [5.41, 5.74) is 1.50. The number of hydrogen-bond donors (Lipinski definition) is 1. The highest BCUT2D eigenvalue weighted by atomic mass is 35.5. The van der Waals surface area contributed by atoms with Gasteiger partial charge < -0.3 is 4.90 Å². The van der Waals surface area contributed by atoms with Crippen molar-refractivity contribution < 1.29 is 4.79 Å². The molecule has 0 aliphatic heterocycles. The average molecular weight is 270 g/mol. The molecule has 1 aliphatic carbocycles. The van der Waals surface area contributed by atoms with Gasteiger partial charge in [0.15, 0.2) is 0 Å². The Hall–Kier alpha value is -1.03. The van der Waals surface area contributed by atoms with Crippen LogP contribution in [0.4, 0.5) is 0 Å². The lowest BCUT2D eigenvalue weighted by atomic mass is 9.93. The zero-order chi connectivity index (χ0) is 13.0. The van der Waals surface area contributed by atoms with E-state index in [1.807, 2.05) is 11.8 Å². The largest absolute Gasteiger partial charge is 0.334 e. The van der Waals surface area contributed by atoms with E-state index in [1.54, 1.807) is 6.20 Å². The Balaban J connectivity index is 2.13. The van der Waals surface area contributed by atoms with Gasteiger partial charge in [0.2, 0.25) is 0 Å². The van der Waals surface area contributed by atoms with Gasteiger partial charge in [0.05, 0.1) is 11.8 Å². The number of nitrogens with zero attached hydrogens (tertiary/aromatic N) is 2. The normalized spacial score (nSPS) is 16.8. The summed E-state index contributed by atoms with van der Waals surface area (Å²) in [5, 5.41) is 6.74. The molecule has 0 unspecified atom stereocenters. The zero-order valence-corrected chi connectivity index (χ0v) is 11.5. The lowest BCUT2D eigenvalue weighted by Gasteiger charge is -2.34. The summed E-state index contributed by atoms with van der Waals surface area (Å²) < 4.78 is 0. The molecule has 5 heteroatoms. The Bertz CT molecular complexity index is 399. The van der Waals surface area contributed by atoms with Crippen LogP contribution in [-0.2, 0) is 0 Å². The first-order valence-corrected chi connectivity index (χ1v) is 7.14. The van der Waals surface area contributed by atoms with Crippen LogP contribution in [0.25, 0.3) is 0 Å². The lowest BCUT2D eigenvalue weighted by Crippen LogP contribution is -2.42. The first-order chi connectivity index (χ1) is 8.74. The fourth-order valence-corrected chi connectivity index (χ4v) is 2.84. The molecule has 18 heavy (non-hydrogen) atoms. The molecule has 1 fully saturated rings. The minimum absolute atomic E-state index is 0.0637. The molecule has 1 aromatic rings. The van der Waals surface area contributed by atoms with Crippen LogP contribution in [0.5, 0.6) is 0 Å². The third-order valence-electron chi connectivity index (χ3n) is 3.66. The molecule has 1 amide bonds. The van der Waals surface area contributed by atoms with Crippen molar-refractivity contribution in [2.75, 3.05) is 12.4 Å². The number of carbonyl (C=O) groups is 1. The molecule has 0 spiro atoms. The van der Waals surface area contributed by atoms with Crippen LogP contribution in [-0.4, -0.2) is 39.5 Å². The van der Waals surface area contributed by atoms with Crippen LogP contribution in [0.15, 0.2) is 6.20 Å². The van der Waals surface area contributed by atoms with E-state index in [9.17, 15) is 4.79 Å². The predicted octanol–water partition coefficient (Wildman–Crippen LogP) is 2.73. The molecule has 0 aromatic carbocycles. The summed E-state index contributed by atoms with van der Waals surface area (Å²) in [6, 6.07) is 0.347. The van der Waals surface area contributed by atoms with Crippen LogP contribution < -0.4 is 0 Å².